The third-order valence-electron chi connectivity index (χ3n) is 7.03. The number of hydrogen-bond donors (Lipinski definition) is 5. The number of carboxylic acid groups (broad SMARTS) is 1. The van der Waals surface area contributed by atoms with Gasteiger partial charge in [-0.1, -0.05) is 80.0 Å². The summed E-state index contributed by atoms with van der Waals surface area (Å²) in [6.07, 6.45) is 17.8. The first kappa shape index (κ1) is 37.8. The van der Waals surface area contributed by atoms with Gasteiger partial charge in [0.2, 0.25) is 21.8 Å². The number of aromatic amines is 1. The molecule has 0 saturated carbocycles. The number of unbranched alkanes of at least 4 members (excludes halogenated alkanes) is 13. The molecule has 0 spiro atoms. The number of aromatic nitrogens is 4. The van der Waals surface area contributed by atoms with Gasteiger partial charge in [-0.3, -0.25) is 24.2 Å². The number of H-pyrrole nitrogens is 1. The quantitative estimate of drug-likeness (QED) is 0.0672. The van der Waals surface area contributed by atoms with Crippen LogP contribution in [-0.2, 0) is 30.8 Å². The Kier molecular flexibility index (Phi) is 21.9. The summed E-state index contributed by atoms with van der Waals surface area (Å²) >= 11 is 0. The zero-order valence-electron chi connectivity index (χ0n) is 24.9. The van der Waals surface area contributed by atoms with Crippen LogP contribution in [0.3, 0.4) is 0 Å². The minimum Gasteiger partial charge on any atom is -0.480 e. The summed E-state index contributed by atoms with van der Waals surface area (Å²) in [7, 11) is -1.57. The second-order valence-corrected chi connectivity index (χ2v) is 13.0. The van der Waals surface area contributed by atoms with Crippen molar-refractivity contribution in [1.29, 1.82) is 0 Å². The van der Waals surface area contributed by atoms with Crippen LogP contribution in [0.1, 0.15) is 128 Å². The number of aryl methyl sites for hydroxylation is 1. The summed E-state index contributed by atoms with van der Waals surface area (Å²) in [6.45, 7) is 0.400. The van der Waals surface area contributed by atoms with E-state index in [1.54, 1.807) is 0 Å². The summed E-state index contributed by atoms with van der Waals surface area (Å²) < 4.78 is 26.4. The van der Waals surface area contributed by atoms with Crippen molar-refractivity contribution in [3.05, 3.63) is 5.82 Å². The number of hydrogen-bond acceptors (Lipinski definition) is 9. The van der Waals surface area contributed by atoms with E-state index in [1.807, 2.05) is 0 Å². The number of tetrazole rings is 1. The molecule has 1 heterocycles. The van der Waals surface area contributed by atoms with Crippen molar-refractivity contribution in [3.8, 4) is 0 Å². The van der Waals surface area contributed by atoms with Crippen LogP contribution < -0.4 is 15.1 Å². The average molecular weight is 634 g/mol. The van der Waals surface area contributed by atoms with Crippen LogP contribution in [0, 0.1) is 0 Å². The zero-order valence-corrected chi connectivity index (χ0v) is 26.9. The first-order chi connectivity index (χ1) is 20.2. The fourth-order valence-electron chi connectivity index (χ4n) is 4.57. The molecule has 0 fully saturated rings. The number of carbonyl (C=O) groups excluding carboxylic acids is 2. The first-order valence-electron chi connectivity index (χ1n) is 15.4. The van der Waals surface area contributed by atoms with Crippen LogP contribution in [0.15, 0.2) is 0 Å². The van der Waals surface area contributed by atoms with Crippen LogP contribution in [0.25, 0.3) is 0 Å². The lowest BCUT2D eigenvalue weighted by Crippen LogP contribution is -2.33. The zero-order chi connectivity index (χ0) is 30.9. The number of rotatable bonds is 28. The molecule has 242 valence electrons. The van der Waals surface area contributed by atoms with Crippen LogP contribution in [-0.4, -0.2) is 70.3 Å². The number of sulfonamides is 1. The van der Waals surface area contributed by atoms with Gasteiger partial charge in [-0.25, -0.2) is 13.5 Å². The third kappa shape index (κ3) is 21.5. The summed E-state index contributed by atoms with van der Waals surface area (Å²) in [4.78, 5) is 34.8. The number of nitrogens with zero attached hydrogens (tertiary/aromatic N) is 3. The van der Waals surface area contributed by atoms with E-state index in [-0.39, 0.29) is 30.9 Å². The Morgan fingerprint density at radius 3 is 1.90 bits per heavy atom. The molecule has 0 aliphatic carbocycles. The van der Waals surface area contributed by atoms with Crippen molar-refractivity contribution in [2.75, 3.05) is 12.3 Å². The molecule has 0 bridgehead atoms. The maximum atomic E-state index is 12.1. The Labute approximate surface area is 253 Å². The van der Waals surface area contributed by atoms with Crippen molar-refractivity contribution in [2.45, 2.75) is 134 Å². The maximum absolute atomic E-state index is 12.1. The summed E-state index contributed by atoms with van der Waals surface area (Å²) in [5.41, 5.74) is 0. The van der Waals surface area contributed by atoms with Gasteiger partial charge in [0.25, 0.3) is 0 Å². The second kappa shape index (κ2) is 24.3. The lowest BCUT2D eigenvalue weighted by atomic mass is 10.0. The fourth-order valence-corrected chi connectivity index (χ4v) is 5.96. The molecule has 0 aliphatic heterocycles. The highest BCUT2D eigenvalue weighted by atomic mass is 32.2. The lowest BCUT2D eigenvalue weighted by Gasteiger charge is -2.10. The van der Waals surface area contributed by atoms with Gasteiger partial charge in [-0.15, -0.1) is 5.10 Å². The van der Waals surface area contributed by atoms with E-state index in [9.17, 15) is 22.8 Å². The molecule has 2 atom stereocenters. The van der Waals surface area contributed by atoms with E-state index in [1.165, 1.54) is 51.4 Å². The van der Waals surface area contributed by atoms with Crippen molar-refractivity contribution in [1.82, 2.24) is 35.8 Å². The predicted octanol–water partition coefficient (Wildman–Crippen LogP) is 3.55. The molecule has 1 unspecified atom stereocenters. The molecular weight excluding hydrogens is 581 g/mol. The van der Waals surface area contributed by atoms with Gasteiger partial charge in [-0.05, 0) is 49.0 Å². The van der Waals surface area contributed by atoms with Crippen LogP contribution in [0.5, 0.6) is 0 Å². The lowest BCUT2D eigenvalue weighted by molar-refractivity contribution is -0.139. The SMILES string of the molecule is O=C(CCCS(=O)(=O)NC(=O)CCCCCCCCCCCCCCCc1nnn[nH]1)NCCCC[C@H](NP)C(=O)O. The Balaban J connectivity index is 1.90. The van der Waals surface area contributed by atoms with E-state index in [4.69, 9.17) is 5.11 Å². The van der Waals surface area contributed by atoms with Gasteiger partial charge in [0.1, 0.15) is 11.9 Å². The molecule has 1 aromatic rings. The van der Waals surface area contributed by atoms with Crippen LogP contribution in [0.2, 0.25) is 0 Å². The minimum absolute atomic E-state index is 0.0453. The highest BCUT2D eigenvalue weighted by Crippen LogP contribution is 2.13. The van der Waals surface area contributed by atoms with E-state index < -0.39 is 27.9 Å². The molecule has 0 radical (unpaired) electrons. The van der Waals surface area contributed by atoms with Crippen LogP contribution >= 0.6 is 9.39 Å². The van der Waals surface area contributed by atoms with Crippen molar-refractivity contribution >= 4 is 37.2 Å². The topological polar surface area (TPSA) is 196 Å². The maximum Gasteiger partial charge on any atom is 0.320 e. The second-order valence-electron chi connectivity index (χ2n) is 10.8. The highest BCUT2D eigenvalue weighted by Gasteiger charge is 2.16. The molecule has 13 nitrogen and oxygen atoms in total. The van der Waals surface area contributed by atoms with Crippen molar-refractivity contribution < 1.29 is 27.9 Å². The summed E-state index contributed by atoms with van der Waals surface area (Å²) in [5.74, 6) is -1.10. The largest absolute Gasteiger partial charge is 0.480 e. The fraction of sp³-hybridized carbons (Fsp3) is 0.852. The van der Waals surface area contributed by atoms with Crippen molar-refractivity contribution in [2.24, 2.45) is 0 Å². The molecule has 2 amide bonds. The highest BCUT2D eigenvalue weighted by molar-refractivity contribution is 7.90. The standard InChI is InChI=1S/C27H52N7O6PS/c35-25(28-21-15-14-17-23(31-41)27(37)38)20-16-22-42(39,40)32-26(36)19-13-11-9-7-5-3-1-2-4-6-8-10-12-18-24-29-33-34-30-24/h23,31H,1-22,41H2,(H,28,35)(H,32,36)(H,37,38)(H,29,30,33,34)/t23-/m0/s1. The van der Waals surface area contributed by atoms with Gasteiger partial charge >= 0.3 is 5.97 Å². The van der Waals surface area contributed by atoms with Gasteiger partial charge in [0, 0.05) is 25.8 Å². The Bertz CT molecular complexity index is 966. The average Bonchev–Trinajstić information content (AvgIpc) is 3.46. The molecule has 1 aromatic heterocycles. The number of nitrogens with one attached hydrogen (secondary N) is 4. The number of aliphatic carboxylic acids is 1. The van der Waals surface area contributed by atoms with Gasteiger partial charge in [-0.2, -0.15) is 0 Å². The first-order valence-corrected chi connectivity index (χ1v) is 17.7. The third-order valence-corrected chi connectivity index (χ3v) is 8.80. The van der Waals surface area contributed by atoms with Gasteiger partial charge in [0.05, 0.1) is 5.75 Å². The molecule has 0 aromatic carbocycles. The Hall–Kier alpha value is -2.18. The van der Waals surface area contributed by atoms with E-state index in [0.717, 1.165) is 37.9 Å². The number of carbonyl (C=O) groups is 3. The molecule has 0 saturated heterocycles. The van der Waals surface area contributed by atoms with E-state index in [2.05, 4.69) is 45.1 Å². The van der Waals surface area contributed by atoms with E-state index >= 15 is 0 Å². The number of amides is 2. The van der Waals surface area contributed by atoms with E-state index in [0.29, 0.717) is 32.2 Å². The Morgan fingerprint density at radius 1 is 0.786 bits per heavy atom. The normalized spacial score (nSPS) is 12.2. The van der Waals surface area contributed by atoms with Crippen molar-refractivity contribution in [3.63, 3.8) is 0 Å². The molecule has 5 N–H and O–H groups in total. The molecule has 15 heteroatoms. The smallest absolute Gasteiger partial charge is 0.320 e. The molecule has 42 heavy (non-hydrogen) atoms. The number of carboxylic acids is 1. The Morgan fingerprint density at radius 2 is 1.36 bits per heavy atom. The molecule has 0 aliphatic rings. The summed E-state index contributed by atoms with van der Waals surface area (Å²) in [5, 5.41) is 28.1. The molecular formula is C27H52N7O6PS. The van der Waals surface area contributed by atoms with Gasteiger partial charge < -0.3 is 10.4 Å². The predicted molar refractivity (Wildman–Crippen MR) is 165 cm³/mol. The molecule has 1 rings (SSSR count). The van der Waals surface area contributed by atoms with Gasteiger partial charge in [0.15, 0.2) is 0 Å². The van der Waals surface area contributed by atoms with Crippen LogP contribution in [0.4, 0.5) is 0 Å². The monoisotopic (exact) mass is 633 g/mol. The minimum atomic E-state index is -3.76. The summed E-state index contributed by atoms with van der Waals surface area (Å²) in [6, 6.07) is -0.640.